The Morgan fingerprint density at radius 3 is 2.59 bits per heavy atom. The molecule has 1 N–H and O–H groups in total. The van der Waals surface area contributed by atoms with Crippen molar-refractivity contribution in [2.45, 2.75) is 32.0 Å². The van der Waals surface area contributed by atoms with Gasteiger partial charge in [0.05, 0.1) is 17.3 Å². The number of halogens is 4. The smallest absolute Gasteiger partial charge is 0.375 e. The summed E-state index contributed by atoms with van der Waals surface area (Å²) < 4.78 is 63.0. The number of aryl methyl sites for hydroxylation is 2. The van der Waals surface area contributed by atoms with E-state index in [9.17, 15) is 22.7 Å². The van der Waals surface area contributed by atoms with Gasteiger partial charge in [-0.1, -0.05) is 11.2 Å². The van der Waals surface area contributed by atoms with Crippen molar-refractivity contribution in [3.8, 4) is 17.1 Å². The molecule has 118 valence electrons. The third-order valence-electron chi connectivity index (χ3n) is 3.59. The summed E-state index contributed by atoms with van der Waals surface area (Å²) in [5, 5.41) is 13.5. The quantitative estimate of drug-likeness (QED) is 0.863. The van der Waals surface area contributed by atoms with Gasteiger partial charge in [0, 0.05) is 0 Å². The Labute approximate surface area is 122 Å². The second kappa shape index (κ2) is 4.45. The predicted octanol–water partition coefficient (Wildman–Crippen LogP) is 3.40. The first kappa shape index (κ1) is 14.8. The van der Waals surface area contributed by atoms with Crippen molar-refractivity contribution >= 4 is 0 Å². The first-order chi connectivity index (χ1) is 10.2. The molecule has 0 saturated heterocycles. The Kier molecular flexibility index (Phi) is 3.00. The number of aliphatic hydroxyl groups is 1. The summed E-state index contributed by atoms with van der Waals surface area (Å²) in [6.07, 6.45) is -3.37. The largest absolute Gasteiger partial charge is 0.451 e. The van der Waals surface area contributed by atoms with E-state index in [4.69, 9.17) is 9.26 Å². The normalized spacial score (nSPS) is 20.5. The standard InChI is InChI=1S/C14H11F4NO3/c1-6-3-7(2)10-9(4-6)21-14(20,13(17,18)12(15)16)8-5-19-22-11(8)10/h3-5,12,20H,1-2H3. The summed E-state index contributed by atoms with van der Waals surface area (Å²) >= 11 is 0. The van der Waals surface area contributed by atoms with Gasteiger partial charge in [0.25, 0.3) is 0 Å². The van der Waals surface area contributed by atoms with E-state index in [-0.39, 0.29) is 11.5 Å². The van der Waals surface area contributed by atoms with E-state index in [0.29, 0.717) is 16.7 Å². The number of benzene rings is 1. The fourth-order valence-corrected chi connectivity index (χ4v) is 2.57. The van der Waals surface area contributed by atoms with Crippen LogP contribution in [0.15, 0.2) is 22.9 Å². The number of nitrogens with zero attached hydrogens (tertiary/aromatic N) is 1. The zero-order chi connectivity index (χ0) is 16.3. The second-order valence-electron chi connectivity index (χ2n) is 5.19. The number of hydrogen-bond acceptors (Lipinski definition) is 4. The van der Waals surface area contributed by atoms with Crippen molar-refractivity contribution in [2.75, 3.05) is 0 Å². The van der Waals surface area contributed by atoms with Crippen LogP contribution in [-0.2, 0) is 5.79 Å². The van der Waals surface area contributed by atoms with Crippen LogP contribution in [-0.4, -0.2) is 22.6 Å². The van der Waals surface area contributed by atoms with Crippen LogP contribution in [0.25, 0.3) is 11.3 Å². The average molecular weight is 317 g/mol. The zero-order valence-electron chi connectivity index (χ0n) is 11.5. The SMILES string of the molecule is Cc1cc(C)c2c(c1)OC(O)(C(F)(F)C(F)F)c1cnoc1-2. The van der Waals surface area contributed by atoms with Gasteiger partial charge >= 0.3 is 18.1 Å². The van der Waals surface area contributed by atoms with Crippen molar-refractivity contribution in [3.63, 3.8) is 0 Å². The van der Waals surface area contributed by atoms with Gasteiger partial charge in [0.15, 0.2) is 5.76 Å². The van der Waals surface area contributed by atoms with E-state index in [1.54, 1.807) is 19.9 Å². The maximum atomic E-state index is 13.9. The zero-order valence-corrected chi connectivity index (χ0v) is 11.5. The summed E-state index contributed by atoms with van der Waals surface area (Å²) in [5.41, 5.74) is 0.947. The lowest BCUT2D eigenvalue weighted by Gasteiger charge is -2.38. The van der Waals surface area contributed by atoms with Crippen molar-refractivity contribution in [1.29, 1.82) is 0 Å². The van der Waals surface area contributed by atoms with Crippen molar-refractivity contribution < 1.29 is 31.9 Å². The highest BCUT2D eigenvalue weighted by Gasteiger charge is 2.66. The molecule has 2 aromatic rings. The van der Waals surface area contributed by atoms with Gasteiger partial charge in [-0.25, -0.2) is 8.78 Å². The van der Waals surface area contributed by atoms with Gasteiger partial charge < -0.3 is 14.4 Å². The molecule has 8 heteroatoms. The van der Waals surface area contributed by atoms with Gasteiger partial charge in [-0.3, -0.25) is 0 Å². The minimum Gasteiger partial charge on any atom is -0.451 e. The second-order valence-corrected chi connectivity index (χ2v) is 5.19. The van der Waals surface area contributed by atoms with Crippen LogP contribution in [0.4, 0.5) is 17.6 Å². The van der Waals surface area contributed by atoms with Crippen LogP contribution in [0.2, 0.25) is 0 Å². The molecule has 0 aliphatic carbocycles. The Morgan fingerprint density at radius 1 is 1.27 bits per heavy atom. The Morgan fingerprint density at radius 2 is 1.95 bits per heavy atom. The molecule has 3 rings (SSSR count). The molecule has 2 heterocycles. The topological polar surface area (TPSA) is 55.5 Å². The van der Waals surface area contributed by atoms with Crippen LogP contribution in [0.1, 0.15) is 16.7 Å². The van der Waals surface area contributed by atoms with Gasteiger partial charge in [-0.2, -0.15) is 8.78 Å². The Hall–Kier alpha value is -2.09. The highest BCUT2D eigenvalue weighted by molar-refractivity contribution is 5.75. The number of alkyl halides is 4. The molecule has 1 aliphatic heterocycles. The van der Waals surface area contributed by atoms with E-state index < -0.39 is 23.7 Å². The fraction of sp³-hybridized carbons (Fsp3) is 0.357. The van der Waals surface area contributed by atoms with Gasteiger partial charge in [-0.05, 0) is 31.0 Å². The number of ether oxygens (including phenoxy) is 1. The molecular weight excluding hydrogens is 306 g/mol. The highest BCUT2D eigenvalue weighted by atomic mass is 19.3. The summed E-state index contributed by atoms with van der Waals surface area (Å²) in [7, 11) is 0. The minimum absolute atomic E-state index is 0.162. The molecule has 1 aromatic heterocycles. The lowest BCUT2D eigenvalue weighted by atomic mass is 9.90. The van der Waals surface area contributed by atoms with Crippen LogP contribution in [0, 0.1) is 13.8 Å². The maximum Gasteiger partial charge on any atom is 0.375 e. The molecule has 0 saturated carbocycles. The molecule has 0 fully saturated rings. The van der Waals surface area contributed by atoms with E-state index in [1.807, 2.05) is 0 Å². The predicted molar refractivity (Wildman–Crippen MR) is 66.9 cm³/mol. The fourth-order valence-electron chi connectivity index (χ4n) is 2.57. The van der Waals surface area contributed by atoms with Crippen LogP contribution < -0.4 is 4.74 Å². The summed E-state index contributed by atoms with van der Waals surface area (Å²) in [5.74, 6) is -8.77. The molecule has 0 radical (unpaired) electrons. The van der Waals surface area contributed by atoms with E-state index in [0.717, 1.165) is 6.20 Å². The minimum atomic E-state index is -4.84. The molecule has 22 heavy (non-hydrogen) atoms. The maximum absolute atomic E-state index is 13.9. The summed E-state index contributed by atoms with van der Waals surface area (Å²) in [6, 6.07) is 3.10. The van der Waals surface area contributed by atoms with Crippen molar-refractivity contribution in [2.24, 2.45) is 0 Å². The van der Waals surface area contributed by atoms with Gasteiger partial charge in [0.1, 0.15) is 5.75 Å². The molecular formula is C14H11F4NO3. The van der Waals surface area contributed by atoms with Crippen molar-refractivity contribution in [3.05, 3.63) is 35.0 Å². The number of aromatic nitrogens is 1. The van der Waals surface area contributed by atoms with Crippen molar-refractivity contribution in [1.82, 2.24) is 5.16 Å². The lowest BCUT2D eigenvalue weighted by Crippen LogP contribution is -2.55. The van der Waals surface area contributed by atoms with Crippen LogP contribution >= 0.6 is 0 Å². The number of rotatable bonds is 2. The monoisotopic (exact) mass is 317 g/mol. The Bertz CT molecular complexity index is 744. The number of hydrogen-bond donors (Lipinski definition) is 1. The first-order valence-electron chi connectivity index (χ1n) is 6.32. The molecule has 1 atom stereocenters. The third-order valence-corrected chi connectivity index (χ3v) is 3.59. The first-order valence-corrected chi connectivity index (χ1v) is 6.32. The molecule has 1 aliphatic rings. The molecule has 4 nitrogen and oxygen atoms in total. The summed E-state index contributed by atoms with van der Waals surface area (Å²) in [6.45, 7) is 3.36. The van der Waals surface area contributed by atoms with E-state index >= 15 is 0 Å². The lowest BCUT2D eigenvalue weighted by molar-refractivity contribution is -0.326. The molecule has 1 unspecified atom stereocenters. The van der Waals surface area contributed by atoms with Crippen LogP contribution in [0.5, 0.6) is 5.75 Å². The van der Waals surface area contributed by atoms with Gasteiger partial charge in [0.2, 0.25) is 0 Å². The molecule has 1 aromatic carbocycles. The third kappa shape index (κ3) is 1.76. The van der Waals surface area contributed by atoms with E-state index in [1.165, 1.54) is 6.07 Å². The highest BCUT2D eigenvalue weighted by Crippen LogP contribution is 2.52. The molecule has 0 bridgehead atoms. The van der Waals surface area contributed by atoms with E-state index in [2.05, 4.69) is 5.16 Å². The van der Waals surface area contributed by atoms with Crippen LogP contribution in [0.3, 0.4) is 0 Å². The average Bonchev–Trinajstić information content (AvgIpc) is 2.87. The number of fused-ring (bicyclic) bond motifs is 3. The molecule has 0 amide bonds. The summed E-state index contributed by atoms with van der Waals surface area (Å²) in [4.78, 5) is 0. The van der Waals surface area contributed by atoms with Gasteiger partial charge in [-0.15, -0.1) is 0 Å². The Balaban J connectivity index is 2.29. The molecule has 0 spiro atoms.